The summed E-state index contributed by atoms with van der Waals surface area (Å²) in [6, 6.07) is 4.01. The highest BCUT2D eigenvalue weighted by molar-refractivity contribution is 5.34. The monoisotopic (exact) mass is 304 g/mol. The van der Waals surface area contributed by atoms with Crippen LogP contribution in [0.5, 0.6) is 5.75 Å². The minimum absolute atomic E-state index is 0.0691. The summed E-state index contributed by atoms with van der Waals surface area (Å²) >= 11 is 0. The lowest BCUT2D eigenvalue weighted by Gasteiger charge is -2.14. The van der Waals surface area contributed by atoms with E-state index in [-0.39, 0.29) is 11.3 Å². The van der Waals surface area contributed by atoms with Crippen LogP contribution in [0.15, 0.2) is 36.5 Å². The Labute approximate surface area is 116 Å². The molecule has 0 aliphatic carbocycles. The Balaban J connectivity index is 2.30. The third-order valence-corrected chi connectivity index (χ3v) is 2.62. The summed E-state index contributed by atoms with van der Waals surface area (Å²) in [4.78, 5) is 3.73. The van der Waals surface area contributed by atoms with Crippen molar-refractivity contribution < 1.29 is 26.7 Å². The van der Waals surface area contributed by atoms with Crippen LogP contribution < -0.4 is 10.5 Å². The summed E-state index contributed by atoms with van der Waals surface area (Å²) in [7, 11) is 0. The lowest BCUT2D eigenvalue weighted by atomic mass is 10.0. The SMILES string of the molecule is N[C@@H](c1ccc(OC(F)(F)F)c(F)c1)c1ncccc1F. The topological polar surface area (TPSA) is 48.1 Å². The molecule has 0 aliphatic heterocycles. The predicted octanol–water partition coefficient (Wildman–Crippen LogP) is 3.31. The molecule has 0 amide bonds. The van der Waals surface area contributed by atoms with Crippen molar-refractivity contribution in [1.29, 1.82) is 0 Å². The normalized spacial score (nSPS) is 13.0. The molecule has 0 fully saturated rings. The van der Waals surface area contributed by atoms with Gasteiger partial charge in [0.15, 0.2) is 11.6 Å². The zero-order chi connectivity index (χ0) is 15.6. The van der Waals surface area contributed by atoms with Gasteiger partial charge in [0.05, 0.1) is 11.7 Å². The number of hydrogen-bond acceptors (Lipinski definition) is 3. The lowest BCUT2D eigenvalue weighted by Crippen LogP contribution is -2.19. The maximum absolute atomic E-state index is 13.6. The van der Waals surface area contributed by atoms with E-state index in [4.69, 9.17) is 5.73 Å². The summed E-state index contributed by atoms with van der Waals surface area (Å²) < 4.78 is 66.6. The van der Waals surface area contributed by atoms with Crippen molar-refractivity contribution in [1.82, 2.24) is 4.98 Å². The smallest absolute Gasteiger partial charge is 0.403 e. The number of nitrogens with zero attached hydrogens (tertiary/aromatic N) is 1. The van der Waals surface area contributed by atoms with E-state index in [1.165, 1.54) is 12.3 Å². The molecule has 0 aliphatic rings. The Morgan fingerprint density at radius 3 is 2.38 bits per heavy atom. The fourth-order valence-electron chi connectivity index (χ4n) is 1.70. The van der Waals surface area contributed by atoms with Gasteiger partial charge in [-0.25, -0.2) is 8.78 Å². The molecule has 1 heterocycles. The molecule has 2 N–H and O–H groups in total. The number of halogens is 5. The molecule has 0 saturated heterocycles. The number of benzene rings is 1. The molecule has 21 heavy (non-hydrogen) atoms. The highest BCUT2D eigenvalue weighted by atomic mass is 19.4. The molecule has 3 nitrogen and oxygen atoms in total. The number of alkyl halides is 3. The van der Waals surface area contributed by atoms with E-state index < -0.39 is 29.8 Å². The van der Waals surface area contributed by atoms with Crippen LogP contribution in [-0.2, 0) is 0 Å². The van der Waals surface area contributed by atoms with Crippen LogP contribution in [0.4, 0.5) is 22.0 Å². The minimum atomic E-state index is -5.00. The first kappa shape index (κ1) is 15.2. The van der Waals surface area contributed by atoms with Gasteiger partial charge in [-0.3, -0.25) is 4.98 Å². The molecule has 1 aromatic carbocycles. The van der Waals surface area contributed by atoms with Crippen LogP contribution in [0, 0.1) is 11.6 Å². The third kappa shape index (κ3) is 3.66. The highest BCUT2D eigenvalue weighted by Gasteiger charge is 2.32. The quantitative estimate of drug-likeness (QED) is 0.885. The van der Waals surface area contributed by atoms with Crippen LogP contribution in [0.2, 0.25) is 0 Å². The lowest BCUT2D eigenvalue weighted by molar-refractivity contribution is -0.275. The summed E-state index contributed by atoms with van der Waals surface area (Å²) in [5.74, 6) is -2.93. The van der Waals surface area contributed by atoms with E-state index >= 15 is 0 Å². The van der Waals surface area contributed by atoms with Gasteiger partial charge in [0.2, 0.25) is 0 Å². The highest BCUT2D eigenvalue weighted by Crippen LogP contribution is 2.29. The zero-order valence-electron chi connectivity index (χ0n) is 10.4. The van der Waals surface area contributed by atoms with Gasteiger partial charge >= 0.3 is 6.36 Å². The van der Waals surface area contributed by atoms with Crippen molar-refractivity contribution in [3.8, 4) is 5.75 Å². The van der Waals surface area contributed by atoms with Crippen molar-refractivity contribution in [3.05, 3.63) is 59.4 Å². The molecule has 2 aromatic rings. The van der Waals surface area contributed by atoms with Gasteiger partial charge in [-0.05, 0) is 29.8 Å². The fourth-order valence-corrected chi connectivity index (χ4v) is 1.70. The van der Waals surface area contributed by atoms with Crippen LogP contribution >= 0.6 is 0 Å². The van der Waals surface area contributed by atoms with Crippen LogP contribution in [0.3, 0.4) is 0 Å². The van der Waals surface area contributed by atoms with Gasteiger partial charge < -0.3 is 10.5 Å². The Bertz CT molecular complexity index is 645. The molecule has 8 heteroatoms. The Kier molecular flexibility index (Phi) is 4.08. The van der Waals surface area contributed by atoms with Gasteiger partial charge in [0.1, 0.15) is 5.82 Å². The Hall–Kier alpha value is -2.22. The standard InChI is InChI=1S/C13H9F5N2O/c14-8-2-1-5-20-12(8)11(19)7-3-4-10(9(15)6-7)21-13(16,17)18/h1-6,11H,19H2/t11-/m0/s1. The molecule has 2 rings (SSSR count). The molecule has 0 bridgehead atoms. The number of aromatic nitrogens is 1. The van der Waals surface area contributed by atoms with E-state index in [2.05, 4.69) is 9.72 Å². The second-order valence-corrected chi connectivity index (χ2v) is 4.09. The third-order valence-electron chi connectivity index (χ3n) is 2.62. The predicted molar refractivity (Wildman–Crippen MR) is 63.3 cm³/mol. The van der Waals surface area contributed by atoms with Crippen LogP contribution in [0.25, 0.3) is 0 Å². The van der Waals surface area contributed by atoms with E-state index in [1.807, 2.05) is 0 Å². The minimum Gasteiger partial charge on any atom is -0.403 e. The number of ether oxygens (including phenoxy) is 1. The first-order valence-electron chi connectivity index (χ1n) is 5.69. The molecule has 0 radical (unpaired) electrons. The van der Waals surface area contributed by atoms with E-state index in [0.717, 1.165) is 24.3 Å². The molecule has 0 spiro atoms. The van der Waals surface area contributed by atoms with E-state index in [1.54, 1.807) is 0 Å². The summed E-state index contributed by atoms with van der Waals surface area (Å²) in [6.45, 7) is 0. The zero-order valence-corrected chi connectivity index (χ0v) is 10.4. The van der Waals surface area contributed by atoms with Crippen molar-refractivity contribution in [2.45, 2.75) is 12.4 Å². The molecule has 0 saturated carbocycles. The van der Waals surface area contributed by atoms with Gasteiger partial charge in [-0.1, -0.05) is 6.07 Å². The van der Waals surface area contributed by atoms with Gasteiger partial charge in [0.25, 0.3) is 0 Å². The van der Waals surface area contributed by atoms with Crippen molar-refractivity contribution in [2.24, 2.45) is 5.73 Å². The number of hydrogen-bond donors (Lipinski definition) is 1. The molecule has 112 valence electrons. The number of rotatable bonds is 3. The second kappa shape index (κ2) is 5.65. The average molecular weight is 304 g/mol. The fraction of sp³-hybridized carbons (Fsp3) is 0.154. The molecule has 1 aromatic heterocycles. The largest absolute Gasteiger partial charge is 0.573 e. The number of pyridine rings is 1. The van der Waals surface area contributed by atoms with Crippen LogP contribution in [-0.4, -0.2) is 11.3 Å². The van der Waals surface area contributed by atoms with Crippen molar-refractivity contribution in [3.63, 3.8) is 0 Å². The first-order chi connectivity index (χ1) is 9.78. The maximum atomic E-state index is 13.6. The summed E-state index contributed by atoms with van der Waals surface area (Å²) in [5, 5.41) is 0. The molecular weight excluding hydrogens is 295 g/mol. The molecule has 1 atom stereocenters. The van der Waals surface area contributed by atoms with E-state index in [9.17, 15) is 22.0 Å². The summed E-state index contributed by atoms with van der Waals surface area (Å²) in [6.07, 6.45) is -3.70. The first-order valence-corrected chi connectivity index (χ1v) is 5.69. The average Bonchev–Trinajstić information content (AvgIpc) is 2.39. The number of nitrogens with two attached hydrogens (primary N) is 1. The second-order valence-electron chi connectivity index (χ2n) is 4.09. The van der Waals surface area contributed by atoms with Crippen LogP contribution in [0.1, 0.15) is 17.3 Å². The van der Waals surface area contributed by atoms with Gasteiger partial charge in [-0.15, -0.1) is 13.2 Å². The summed E-state index contributed by atoms with van der Waals surface area (Å²) in [5.41, 5.74) is 5.66. The van der Waals surface area contributed by atoms with Gasteiger partial charge in [0, 0.05) is 6.20 Å². The Morgan fingerprint density at radius 1 is 1.10 bits per heavy atom. The van der Waals surface area contributed by atoms with E-state index in [0.29, 0.717) is 0 Å². The Morgan fingerprint density at radius 2 is 1.81 bits per heavy atom. The maximum Gasteiger partial charge on any atom is 0.573 e. The van der Waals surface area contributed by atoms with Crippen molar-refractivity contribution >= 4 is 0 Å². The van der Waals surface area contributed by atoms with Gasteiger partial charge in [-0.2, -0.15) is 0 Å². The molecular formula is C13H9F5N2O. The molecule has 0 unspecified atom stereocenters. The van der Waals surface area contributed by atoms with Crippen molar-refractivity contribution in [2.75, 3.05) is 0 Å².